The second-order valence-electron chi connectivity index (χ2n) is 2.13. The first-order valence-corrected chi connectivity index (χ1v) is 4.00. The third kappa shape index (κ3) is 5.97. The molecule has 0 aliphatic rings. The van der Waals surface area contributed by atoms with Gasteiger partial charge < -0.3 is 9.47 Å². The van der Waals surface area contributed by atoms with Gasteiger partial charge in [0.2, 0.25) is 6.29 Å². The first kappa shape index (κ1) is 11.2. The van der Waals surface area contributed by atoms with Crippen LogP contribution >= 0.6 is 11.6 Å². The Morgan fingerprint density at radius 3 is 1.92 bits per heavy atom. The predicted molar refractivity (Wildman–Crippen MR) is 42.7 cm³/mol. The summed E-state index contributed by atoms with van der Waals surface area (Å²) in [6.45, 7) is 2.48. The molecule has 5 heteroatoms. The second-order valence-corrected chi connectivity index (χ2v) is 2.50. The highest BCUT2D eigenvalue weighted by Gasteiger charge is 2.13. The summed E-state index contributed by atoms with van der Waals surface area (Å²) in [5.74, 6) is -0.719. The summed E-state index contributed by atoms with van der Waals surface area (Å²) >= 11 is 5.38. The molecule has 0 aliphatic heterocycles. The number of esters is 2. The molecule has 0 aromatic rings. The lowest BCUT2D eigenvalue weighted by molar-refractivity contribution is -0.184. The maximum Gasteiger partial charge on any atom is 0.305 e. The molecule has 12 heavy (non-hydrogen) atoms. The number of carbonyl (C=O) groups is 2. The Kier molecular flexibility index (Phi) is 5.45. The van der Waals surface area contributed by atoms with Crippen LogP contribution in [-0.2, 0) is 19.1 Å². The molecule has 0 radical (unpaired) electrons. The first-order chi connectivity index (χ1) is 5.56. The minimum Gasteiger partial charge on any atom is -0.425 e. The van der Waals surface area contributed by atoms with Crippen molar-refractivity contribution in [1.82, 2.24) is 0 Å². The van der Waals surface area contributed by atoms with Gasteiger partial charge in [-0.25, -0.2) is 0 Å². The van der Waals surface area contributed by atoms with Crippen LogP contribution in [0.25, 0.3) is 0 Å². The van der Waals surface area contributed by atoms with Crippen LogP contribution in [0.3, 0.4) is 0 Å². The Hall–Kier alpha value is -0.770. The van der Waals surface area contributed by atoms with Crippen LogP contribution in [0.15, 0.2) is 0 Å². The van der Waals surface area contributed by atoms with Crippen molar-refractivity contribution in [2.75, 3.05) is 5.88 Å². The molecule has 0 amide bonds. The van der Waals surface area contributed by atoms with Gasteiger partial charge in [-0.1, -0.05) is 0 Å². The van der Waals surface area contributed by atoms with Crippen LogP contribution in [0.1, 0.15) is 20.3 Å². The van der Waals surface area contributed by atoms with Crippen LogP contribution in [0.4, 0.5) is 0 Å². The Labute approximate surface area is 75.8 Å². The molecule has 0 fully saturated rings. The number of halogens is 1. The van der Waals surface area contributed by atoms with Crippen molar-refractivity contribution >= 4 is 23.5 Å². The third-order valence-corrected chi connectivity index (χ3v) is 1.16. The largest absolute Gasteiger partial charge is 0.425 e. The Balaban J connectivity index is 3.85. The van der Waals surface area contributed by atoms with Gasteiger partial charge in [0.05, 0.1) is 0 Å². The van der Waals surface area contributed by atoms with Crippen molar-refractivity contribution in [3.05, 3.63) is 0 Å². The summed E-state index contributed by atoms with van der Waals surface area (Å²) in [6, 6.07) is 0. The van der Waals surface area contributed by atoms with E-state index in [0.717, 1.165) is 0 Å². The number of carbonyl (C=O) groups excluding carboxylic acids is 2. The highest BCUT2D eigenvalue weighted by molar-refractivity contribution is 6.17. The minimum absolute atomic E-state index is 0.269. The average Bonchev–Trinajstić information content (AvgIpc) is 1.84. The van der Waals surface area contributed by atoms with Crippen molar-refractivity contribution in [2.45, 2.75) is 26.6 Å². The average molecular weight is 195 g/mol. The van der Waals surface area contributed by atoms with Crippen molar-refractivity contribution in [3.63, 3.8) is 0 Å². The fourth-order valence-corrected chi connectivity index (χ4v) is 0.779. The molecule has 0 N–H and O–H groups in total. The molecule has 0 saturated carbocycles. The normalized spacial score (nSPS) is 9.67. The molecule has 0 aromatic heterocycles. The van der Waals surface area contributed by atoms with Gasteiger partial charge in [-0.3, -0.25) is 9.59 Å². The van der Waals surface area contributed by atoms with Crippen LogP contribution in [0.5, 0.6) is 0 Å². The monoisotopic (exact) mass is 194 g/mol. The fraction of sp³-hybridized carbons (Fsp3) is 0.714. The standard InChI is InChI=1S/C7H11ClO4/c1-5(9)11-7(3-4-8)12-6(2)10/h7H,3-4H2,1-2H3. The summed E-state index contributed by atoms with van der Waals surface area (Å²) in [7, 11) is 0. The molecule has 0 saturated heterocycles. The highest BCUT2D eigenvalue weighted by Crippen LogP contribution is 2.03. The van der Waals surface area contributed by atoms with Crippen molar-refractivity contribution in [3.8, 4) is 0 Å². The molecule has 0 atom stereocenters. The van der Waals surface area contributed by atoms with Crippen LogP contribution in [0.2, 0.25) is 0 Å². The van der Waals surface area contributed by atoms with Gasteiger partial charge in [0.25, 0.3) is 0 Å². The molecule has 4 nitrogen and oxygen atoms in total. The van der Waals surface area contributed by atoms with Gasteiger partial charge in [-0.15, -0.1) is 11.6 Å². The number of rotatable bonds is 4. The predicted octanol–water partition coefficient (Wildman–Crippen LogP) is 1.07. The van der Waals surface area contributed by atoms with Crippen molar-refractivity contribution in [1.29, 1.82) is 0 Å². The third-order valence-electron chi connectivity index (χ3n) is 0.940. The van der Waals surface area contributed by atoms with E-state index in [9.17, 15) is 9.59 Å². The first-order valence-electron chi connectivity index (χ1n) is 3.46. The van der Waals surface area contributed by atoms with Gasteiger partial charge >= 0.3 is 11.9 Å². The Bertz CT molecular complexity index is 153. The summed E-state index contributed by atoms with van der Waals surface area (Å²) in [5, 5.41) is 0. The van der Waals surface area contributed by atoms with Gasteiger partial charge in [0, 0.05) is 26.1 Å². The molecule has 70 valence electrons. The molecule has 0 unspecified atom stereocenters. The quantitative estimate of drug-likeness (QED) is 0.382. The van der Waals surface area contributed by atoms with Gasteiger partial charge in [0.15, 0.2) is 0 Å². The van der Waals surface area contributed by atoms with Crippen molar-refractivity contribution in [2.24, 2.45) is 0 Å². The molecular weight excluding hydrogens is 184 g/mol. The zero-order valence-electron chi connectivity index (χ0n) is 7.00. The van der Waals surface area contributed by atoms with E-state index in [4.69, 9.17) is 11.6 Å². The topological polar surface area (TPSA) is 52.6 Å². The zero-order chi connectivity index (χ0) is 9.56. The molecule has 0 bridgehead atoms. The number of alkyl halides is 1. The maximum absolute atomic E-state index is 10.5. The highest BCUT2D eigenvalue weighted by atomic mass is 35.5. The van der Waals surface area contributed by atoms with E-state index < -0.39 is 18.2 Å². The lowest BCUT2D eigenvalue weighted by atomic mass is 10.4. The van der Waals surface area contributed by atoms with Crippen LogP contribution in [0, 0.1) is 0 Å². The van der Waals surface area contributed by atoms with E-state index in [2.05, 4.69) is 9.47 Å². The Morgan fingerprint density at radius 1 is 1.25 bits per heavy atom. The SMILES string of the molecule is CC(=O)OC(CCCl)OC(C)=O. The van der Waals surface area contributed by atoms with E-state index in [1.807, 2.05) is 0 Å². The zero-order valence-corrected chi connectivity index (χ0v) is 7.76. The summed E-state index contributed by atoms with van der Waals surface area (Å²) in [4.78, 5) is 20.9. The Morgan fingerprint density at radius 2 is 1.67 bits per heavy atom. The van der Waals surface area contributed by atoms with Gasteiger partial charge in [-0.05, 0) is 0 Å². The van der Waals surface area contributed by atoms with E-state index in [-0.39, 0.29) is 5.88 Å². The van der Waals surface area contributed by atoms with E-state index in [0.29, 0.717) is 6.42 Å². The lowest BCUT2D eigenvalue weighted by Gasteiger charge is -2.14. The van der Waals surface area contributed by atoms with Gasteiger partial charge in [-0.2, -0.15) is 0 Å². The lowest BCUT2D eigenvalue weighted by Crippen LogP contribution is -2.22. The summed E-state index contributed by atoms with van der Waals surface area (Å²) in [5.41, 5.74) is 0. The molecule has 0 spiro atoms. The summed E-state index contributed by atoms with van der Waals surface area (Å²) in [6.07, 6.45) is -0.543. The van der Waals surface area contributed by atoms with E-state index in [1.165, 1.54) is 13.8 Å². The van der Waals surface area contributed by atoms with E-state index in [1.54, 1.807) is 0 Å². The molecule has 0 heterocycles. The number of ether oxygens (including phenoxy) is 2. The van der Waals surface area contributed by atoms with E-state index >= 15 is 0 Å². The number of hydrogen-bond donors (Lipinski definition) is 0. The maximum atomic E-state index is 10.5. The molecule has 0 aromatic carbocycles. The molecule has 0 rings (SSSR count). The molecular formula is C7H11ClO4. The number of hydrogen-bond acceptors (Lipinski definition) is 4. The van der Waals surface area contributed by atoms with Crippen molar-refractivity contribution < 1.29 is 19.1 Å². The minimum atomic E-state index is -0.850. The smallest absolute Gasteiger partial charge is 0.305 e. The van der Waals surface area contributed by atoms with Gasteiger partial charge in [0.1, 0.15) is 0 Å². The van der Waals surface area contributed by atoms with Crippen LogP contribution < -0.4 is 0 Å². The summed E-state index contributed by atoms with van der Waals surface area (Å²) < 4.78 is 9.27. The molecule has 0 aliphatic carbocycles. The van der Waals surface area contributed by atoms with Crippen LogP contribution in [-0.4, -0.2) is 24.1 Å². The second kappa shape index (κ2) is 5.83. The fourth-order valence-electron chi connectivity index (χ4n) is 0.601.